The molecule has 1 atom stereocenters. The maximum absolute atomic E-state index is 11.3. The van der Waals surface area contributed by atoms with Gasteiger partial charge in [-0.3, -0.25) is 9.78 Å². The van der Waals surface area contributed by atoms with Gasteiger partial charge in [-0.1, -0.05) is 6.92 Å². The lowest BCUT2D eigenvalue weighted by Gasteiger charge is -2.09. The molecule has 0 fully saturated rings. The maximum atomic E-state index is 11.3. The predicted molar refractivity (Wildman–Crippen MR) is 60.6 cm³/mol. The van der Waals surface area contributed by atoms with Crippen LogP contribution < -0.4 is 5.73 Å². The SMILES string of the molecule is CCC(=O)Cc1cc(C(C)N)cc(C)n1. The molecule has 0 aromatic carbocycles. The second-order valence-electron chi connectivity index (χ2n) is 3.89. The van der Waals surface area contributed by atoms with Crippen LogP contribution in [-0.4, -0.2) is 10.8 Å². The Kier molecular flexibility index (Phi) is 3.97. The van der Waals surface area contributed by atoms with Crippen LogP contribution >= 0.6 is 0 Å². The van der Waals surface area contributed by atoms with Crippen molar-refractivity contribution in [3.05, 3.63) is 29.1 Å². The summed E-state index contributed by atoms with van der Waals surface area (Å²) in [6.07, 6.45) is 0.973. The van der Waals surface area contributed by atoms with Crippen molar-refractivity contribution in [1.82, 2.24) is 4.98 Å². The van der Waals surface area contributed by atoms with E-state index in [-0.39, 0.29) is 11.8 Å². The van der Waals surface area contributed by atoms with E-state index < -0.39 is 0 Å². The molecule has 0 amide bonds. The van der Waals surface area contributed by atoms with Gasteiger partial charge in [0.25, 0.3) is 0 Å². The van der Waals surface area contributed by atoms with E-state index in [1.807, 2.05) is 32.9 Å². The molecule has 15 heavy (non-hydrogen) atoms. The van der Waals surface area contributed by atoms with E-state index in [1.54, 1.807) is 0 Å². The van der Waals surface area contributed by atoms with Crippen molar-refractivity contribution in [2.75, 3.05) is 0 Å². The monoisotopic (exact) mass is 206 g/mol. The third-order valence-corrected chi connectivity index (χ3v) is 2.33. The van der Waals surface area contributed by atoms with Gasteiger partial charge in [0.1, 0.15) is 5.78 Å². The van der Waals surface area contributed by atoms with Crippen LogP contribution in [0.2, 0.25) is 0 Å². The molecule has 3 heteroatoms. The van der Waals surface area contributed by atoms with Gasteiger partial charge < -0.3 is 5.73 Å². The maximum Gasteiger partial charge on any atom is 0.138 e. The largest absolute Gasteiger partial charge is 0.324 e. The summed E-state index contributed by atoms with van der Waals surface area (Å²) in [6.45, 7) is 5.72. The number of carbonyl (C=O) groups is 1. The molecule has 0 aliphatic carbocycles. The second kappa shape index (κ2) is 5.03. The van der Waals surface area contributed by atoms with E-state index in [0.717, 1.165) is 17.0 Å². The van der Waals surface area contributed by atoms with E-state index in [1.165, 1.54) is 0 Å². The Morgan fingerprint density at radius 2 is 2.20 bits per heavy atom. The third-order valence-electron chi connectivity index (χ3n) is 2.33. The molecule has 0 bridgehead atoms. The Morgan fingerprint density at radius 3 is 2.73 bits per heavy atom. The molecule has 0 aliphatic rings. The van der Waals surface area contributed by atoms with Gasteiger partial charge in [-0.05, 0) is 31.5 Å². The van der Waals surface area contributed by atoms with E-state index in [9.17, 15) is 4.79 Å². The van der Waals surface area contributed by atoms with Crippen LogP contribution in [0.5, 0.6) is 0 Å². The van der Waals surface area contributed by atoms with Crippen molar-refractivity contribution in [2.45, 2.75) is 39.7 Å². The van der Waals surface area contributed by atoms with Crippen LogP contribution in [0.3, 0.4) is 0 Å². The van der Waals surface area contributed by atoms with Crippen molar-refractivity contribution in [2.24, 2.45) is 5.73 Å². The molecule has 0 aliphatic heterocycles. The quantitative estimate of drug-likeness (QED) is 0.819. The molecule has 1 aromatic heterocycles. The smallest absolute Gasteiger partial charge is 0.138 e. The zero-order valence-corrected chi connectivity index (χ0v) is 9.58. The van der Waals surface area contributed by atoms with E-state index in [0.29, 0.717) is 12.8 Å². The summed E-state index contributed by atoms with van der Waals surface area (Å²) in [5.41, 5.74) is 8.59. The number of ketones is 1. The number of pyridine rings is 1. The Labute approximate surface area is 90.7 Å². The van der Waals surface area contributed by atoms with E-state index >= 15 is 0 Å². The van der Waals surface area contributed by atoms with Gasteiger partial charge in [0.05, 0.1) is 0 Å². The van der Waals surface area contributed by atoms with Crippen LogP contribution in [0.1, 0.15) is 43.3 Å². The summed E-state index contributed by atoms with van der Waals surface area (Å²) < 4.78 is 0. The number of carbonyl (C=O) groups excluding carboxylic acids is 1. The highest BCUT2D eigenvalue weighted by atomic mass is 16.1. The summed E-state index contributed by atoms with van der Waals surface area (Å²) in [5, 5.41) is 0. The molecule has 0 spiro atoms. The summed E-state index contributed by atoms with van der Waals surface area (Å²) in [6, 6.07) is 3.87. The first-order valence-electron chi connectivity index (χ1n) is 5.27. The molecule has 1 heterocycles. The lowest BCUT2D eigenvalue weighted by molar-refractivity contribution is -0.118. The van der Waals surface area contributed by atoms with Gasteiger partial charge in [0.2, 0.25) is 0 Å². The summed E-state index contributed by atoms with van der Waals surface area (Å²) in [4.78, 5) is 15.6. The van der Waals surface area contributed by atoms with Crippen LogP contribution in [0.4, 0.5) is 0 Å². The minimum Gasteiger partial charge on any atom is -0.324 e. The number of hydrogen-bond acceptors (Lipinski definition) is 3. The normalized spacial score (nSPS) is 12.5. The van der Waals surface area contributed by atoms with Crippen LogP contribution in [0.15, 0.2) is 12.1 Å². The zero-order valence-electron chi connectivity index (χ0n) is 9.58. The number of rotatable bonds is 4. The number of hydrogen-bond donors (Lipinski definition) is 1. The molecule has 1 unspecified atom stereocenters. The molecular formula is C12H18N2O. The average molecular weight is 206 g/mol. The van der Waals surface area contributed by atoms with E-state index in [2.05, 4.69) is 4.98 Å². The Balaban J connectivity index is 2.93. The standard InChI is InChI=1S/C12H18N2O/c1-4-12(15)7-11-6-10(9(3)13)5-8(2)14-11/h5-6,9H,4,7,13H2,1-3H3. The van der Waals surface area contributed by atoms with Gasteiger partial charge in [0.15, 0.2) is 0 Å². The molecule has 3 nitrogen and oxygen atoms in total. The molecule has 1 rings (SSSR count). The number of aromatic nitrogens is 1. The number of nitrogens with two attached hydrogens (primary N) is 1. The van der Waals surface area contributed by atoms with E-state index in [4.69, 9.17) is 5.73 Å². The fourth-order valence-corrected chi connectivity index (χ4v) is 1.45. The summed E-state index contributed by atoms with van der Waals surface area (Å²) >= 11 is 0. The molecule has 0 saturated heterocycles. The Bertz CT molecular complexity index is 359. The first-order chi connectivity index (χ1) is 7.02. The second-order valence-corrected chi connectivity index (χ2v) is 3.89. The summed E-state index contributed by atoms with van der Waals surface area (Å²) in [5.74, 6) is 0.212. The summed E-state index contributed by atoms with van der Waals surface area (Å²) in [7, 11) is 0. The van der Waals surface area contributed by atoms with Gasteiger partial charge in [-0.25, -0.2) is 0 Å². The highest BCUT2D eigenvalue weighted by Gasteiger charge is 2.07. The molecule has 0 radical (unpaired) electrons. The average Bonchev–Trinajstić information content (AvgIpc) is 2.16. The fraction of sp³-hybridized carbons (Fsp3) is 0.500. The fourth-order valence-electron chi connectivity index (χ4n) is 1.45. The number of nitrogens with zero attached hydrogens (tertiary/aromatic N) is 1. The predicted octanol–water partition coefficient (Wildman–Crippen LogP) is 1.93. The van der Waals surface area contributed by atoms with Crippen LogP contribution in [-0.2, 0) is 11.2 Å². The molecule has 82 valence electrons. The Hall–Kier alpha value is -1.22. The molecule has 2 N–H and O–H groups in total. The topological polar surface area (TPSA) is 56.0 Å². The molecular weight excluding hydrogens is 188 g/mol. The lowest BCUT2D eigenvalue weighted by atomic mass is 10.1. The highest BCUT2D eigenvalue weighted by molar-refractivity contribution is 5.80. The number of aryl methyl sites for hydroxylation is 1. The van der Waals surface area contributed by atoms with Gasteiger partial charge in [-0.15, -0.1) is 0 Å². The van der Waals surface area contributed by atoms with Gasteiger partial charge in [0, 0.05) is 30.3 Å². The van der Waals surface area contributed by atoms with Gasteiger partial charge in [-0.2, -0.15) is 0 Å². The Morgan fingerprint density at radius 1 is 1.53 bits per heavy atom. The van der Waals surface area contributed by atoms with Gasteiger partial charge >= 0.3 is 0 Å². The van der Waals surface area contributed by atoms with Crippen molar-refractivity contribution >= 4 is 5.78 Å². The lowest BCUT2D eigenvalue weighted by Crippen LogP contribution is -2.09. The third kappa shape index (κ3) is 3.44. The minimum absolute atomic E-state index is 0.0119. The van der Waals surface area contributed by atoms with Crippen molar-refractivity contribution in [3.8, 4) is 0 Å². The minimum atomic E-state index is -0.0119. The van der Waals surface area contributed by atoms with Crippen LogP contribution in [0, 0.1) is 6.92 Å². The zero-order chi connectivity index (χ0) is 11.4. The highest BCUT2D eigenvalue weighted by Crippen LogP contribution is 2.13. The first kappa shape index (κ1) is 11.9. The first-order valence-corrected chi connectivity index (χ1v) is 5.27. The number of Topliss-reactive ketones (excluding diaryl/α,β-unsaturated/α-hetero) is 1. The van der Waals surface area contributed by atoms with Crippen molar-refractivity contribution in [3.63, 3.8) is 0 Å². The molecule has 1 aromatic rings. The van der Waals surface area contributed by atoms with Crippen LogP contribution in [0.25, 0.3) is 0 Å². The molecule has 0 saturated carbocycles. The van der Waals surface area contributed by atoms with Crippen molar-refractivity contribution in [1.29, 1.82) is 0 Å². The van der Waals surface area contributed by atoms with Crippen molar-refractivity contribution < 1.29 is 4.79 Å².